The first-order chi connectivity index (χ1) is 9.51. The van der Waals surface area contributed by atoms with Gasteiger partial charge in [0.25, 0.3) is 0 Å². The molecule has 0 bridgehead atoms. The Balaban J connectivity index is 2.14. The van der Waals surface area contributed by atoms with E-state index in [-0.39, 0.29) is 5.92 Å². The Kier molecular flexibility index (Phi) is 4.41. The van der Waals surface area contributed by atoms with Gasteiger partial charge in [0.1, 0.15) is 0 Å². The lowest BCUT2D eigenvalue weighted by molar-refractivity contribution is 0.0154. The second-order valence-electron chi connectivity index (χ2n) is 5.56. The molecule has 0 amide bonds. The fourth-order valence-electron chi connectivity index (χ4n) is 2.43. The third-order valence-electron chi connectivity index (χ3n) is 4.09. The summed E-state index contributed by atoms with van der Waals surface area (Å²) in [6, 6.07) is 20.1. The first-order valence-electron chi connectivity index (χ1n) is 7.01. The molecule has 0 heterocycles. The summed E-state index contributed by atoms with van der Waals surface area (Å²) in [6.07, 6.45) is 0.797. The van der Waals surface area contributed by atoms with Crippen molar-refractivity contribution in [2.45, 2.75) is 25.9 Å². The van der Waals surface area contributed by atoms with Crippen LogP contribution >= 0.6 is 0 Å². The lowest BCUT2D eigenvalue weighted by Crippen LogP contribution is -2.31. The van der Waals surface area contributed by atoms with Crippen molar-refractivity contribution in [3.05, 3.63) is 83.9 Å². The molecule has 0 aliphatic heterocycles. The van der Waals surface area contributed by atoms with Crippen molar-refractivity contribution in [2.24, 2.45) is 5.92 Å². The van der Waals surface area contributed by atoms with Crippen LogP contribution in [0.25, 0.3) is 0 Å². The molecule has 0 aliphatic carbocycles. The van der Waals surface area contributed by atoms with Crippen molar-refractivity contribution in [1.82, 2.24) is 0 Å². The Labute approximate surface area is 121 Å². The highest BCUT2D eigenvalue weighted by Crippen LogP contribution is 2.34. The smallest absolute Gasteiger partial charge is 0.0930 e. The largest absolute Gasteiger partial charge is 0.385 e. The lowest BCUT2D eigenvalue weighted by Gasteiger charge is -2.32. The van der Waals surface area contributed by atoms with Crippen LogP contribution < -0.4 is 0 Å². The van der Waals surface area contributed by atoms with Gasteiger partial charge in [0.05, 0.1) is 5.60 Å². The van der Waals surface area contributed by atoms with Gasteiger partial charge in [-0.05, 0) is 24.5 Å². The zero-order valence-electron chi connectivity index (χ0n) is 12.2. The summed E-state index contributed by atoms with van der Waals surface area (Å²) in [5.74, 6) is -0.00916. The summed E-state index contributed by atoms with van der Waals surface area (Å²) in [6.45, 7) is 8.09. The van der Waals surface area contributed by atoms with E-state index in [4.69, 9.17) is 0 Å². The molecule has 2 aromatic rings. The van der Waals surface area contributed by atoms with Crippen LogP contribution in [0.2, 0.25) is 0 Å². The Hall–Kier alpha value is -1.86. The van der Waals surface area contributed by atoms with Crippen LogP contribution in [0.15, 0.2) is 72.8 Å². The maximum atomic E-state index is 10.8. The third-order valence-corrected chi connectivity index (χ3v) is 4.09. The number of benzene rings is 2. The van der Waals surface area contributed by atoms with E-state index in [0.29, 0.717) is 0 Å². The Bertz CT molecular complexity index is 555. The van der Waals surface area contributed by atoms with E-state index in [9.17, 15) is 5.11 Å². The molecule has 0 aliphatic rings. The van der Waals surface area contributed by atoms with E-state index in [1.165, 1.54) is 5.56 Å². The van der Waals surface area contributed by atoms with Crippen LogP contribution in [0, 0.1) is 5.92 Å². The second-order valence-corrected chi connectivity index (χ2v) is 5.56. The van der Waals surface area contributed by atoms with Gasteiger partial charge in [-0.3, -0.25) is 0 Å². The van der Waals surface area contributed by atoms with Gasteiger partial charge in [-0.15, -0.1) is 0 Å². The highest BCUT2D eigenvalue weighted by molar-refractivity contribution is 5.28. The average molecular weight is 266 g/mol. The summed E-state index contributed by atoms with van der Waals surface area (Å²) in [7, 11) is 0. The van der Waals surface area contributed by atoms with E-state index < -0.39 is 5.60 Å². The van der Waals surface area contributed by atoms with Gasteiger partial charge in [-0.1, -0.05) is 79.7 Å². The molecule has 0 aromatic heterocycles. The topological polar surface area (TPSA) is 20.2 Å². The van der Waals surface area contributed by atoms with E-state index in [0.717, 1.165) is 17.6 Å². The molecule has 0 saturated carbocycles. The zero-order chi connectivity index (χ0) is 14.6. The number of hydrogen-bond acceptors (Lipinski definition) is 1. The fourth-order valence-corrected chi connectivity index (χ4v) is 2.43. The van der Waals surface area contributed by atoms with Crippen LogP contribution in [0.4, 0.5) is 0 Å². The van der Waals surface area contributed by atoms with Crippen LogP contribution in [-0.2, 0) is 12.0 Å². The molecule has 2 atom stereocenters. The molecular weight excluding hydrogens is 244 g/mol. The predicted molar refractivity (Wildman–Crippen MR) is 84.5 cm³/mol. The zero-order valence-corrected chi connectivity index (χ0v) is 12.2. The Morgan fingerprint density at radius 2 is 1.55 bits per heavy atom. The normalized spacial score (nSPS) is 15.3. The summed E-state index contributed by atoms with van der Waals surface area (Å²) >= 11 is 0. The highest BCUT2D eigenvalue weighted by atomic mass is 16.3. The molecule has 104 valence electrons. The van der Waals surface area contributed by atoms with Crippen molar-refractivity contribution in [2.75, 3.05) is 0 Å². The molecule has 2 rings (SSSR count). The lowest BCUT2D eigenvalue weighted by atomic mass is 9.78. The minimum atomic E-state index is -0.896. The Morgan fingerprint density at radius 3 is 2.10 bits per heavy atom. The summed E-state index contributed by atoms with van der Waals surface area (Å²) in [5, 5.41) is 10.8. The van der Waals surface area contributed by atoms with Crippen molar-refractivity contribution in [3.8, 4) is 0 Å². The Morgan fingerprint density at radius 1 is 1.05 bits per heavy atom. The van der Waals surface area contributed by atoms with Crippen LogP contribution in [-0.4, -0.2) is 5.11 Å². The molecule has 1 N–H and O–H groups in total. The van der Waals surface area contributed by atoms with Crippen LogP contribution in [0.3, 0.4) is 0 Å². The van der Waals surface area contributed by atoms with Crippen molar-refractivity contribution < 1.29 is 5.11 Å². The van der Waals surface area contributed by atoms with Gasteiger partial charge in [0, 0.05) is 5.92 Å². The first kappa shape index (κ1) is 14.5. The fraction of sp³-hybridized carbons (Fsp3) is 0.263. The predicted octanol–water partition coefficient (Wildman–Crippen LogP) is 4.33. The molecule has 1 nitrogen and oxygen atoms in total. The molecule has 0 spiro atoms. The maximum absolute atomic E-state index is 10.8. The first-order valence-corrected chi connectivity index (χ1v) is 7.01. The van der Waals surface area contributed by atoms with Crippen molar-refractivity contribution in [1.29, 1.82) is 0 Å². The third kappa shape index (κ3) is 3.17. The van der Waals surface area contributed by atoms with E-state index in [1.807, 2.05) is 62.4 Å². The van der Waals surface area contributed by atoms with Crippen LogP contribution in [0.5, 0.6) is 0 Å². The molecule has 0 saturated heterocycles. The van der Waals surface area contributed by atoms with Crippen LogP contribution in [0.1, 0.15) is 25.0 Å². The van der Waals surface area contributed by atoms with Gasteiger partial charge >= 0.3 is 0 Å². The monoisotopic (exact) mass is 266 g/mol. The maximum Gasteiger partial charge on any atom is 0.0930 e. The number of rotatable bonds is 5. The van der Waals surface area contributed by atoms with Crippen molar-refractivity contribution in [3.63, 3.8) is 0 Å². The summed E-state index contributed by atoms with van der Waals surface area (Å²) in [5.41, 5.74) is 2.31. The number of aliphatic hydroxyl groups is 1. The molecule has 20 heavy (non-hydrogen) atoms. The van der Waals surface area contributed by atoms with Gasteiger partial charge < -0.3 is 5.11 Å². The van der Waals surface area contributed by atoms with Gasteiger partial charge in [-0.2, -0.15) is 0 Å². The molecule has 0 radical (unpaired) electrons. The standard InChI is InChI=1S/C19H22O/c1-15(14-17-10-6-4-7-11-17)16(2)19(3,20)18-12-8-5-9-13-18/h4-13,16,20H,1,14H2,2-3H3/t16-,19-/m1/s1. The van der Waals surface area contributed by atoms with Crippen molar-refractivity contribution >= 4 is 0 Å². The summed E-state index contributed by atoms with van der Waals surface area (Å²) in [4.78, 5) is 0. The van der Waals surface area contributed by atoms with E-state index >= 15 is 0 Å². The van der Waals surface area contributed by atoms with Gasteiger partial charge in [0.15, 0.2) is 0 Å². The minimum absolute atomic E-state index is 0.00916. The average Bonchev–Trinajstić information content (AvgIpc) is 2.48. The molecule has 1 heteroatoms. The minimum Gasteiger partial charge on any atom is -0.385 e. The molecule has 0 unspecified atom stereocenters. The second kappa shape index (κ2) is 6.06. The quantitative estimate of drug-likeness (QED) is 0.799. The van der Waals surface area contributed by atoms with Gasteiger partial charge in [0.2, 0.25) is 0 Å². The molecule has 2 aromatic carbocycles. The number of hydrogen-bond donors (Lipinski definition) is 1. The van der Waals surface area contributed by atoms with Gasteiger partial charge in [-0.25, -0.2) is 0 Å². The molecule has 0 fully saturated rings. The highest BCUT2D eigenvalue weighted by Gasteiger charge is 2.31. The molecular formula is C19H22O. The van der Waals surface area contributed by atoms with E-state index in [2.05, 4.69) is 18.7 Å². The van der Waals surface area contributed by atoms with E-state index in [1.54, 1.807) is 0 Å². The SMILES string of the molecule is C=C(Cc1ccccc1)[C@@H](C)[C@@](C)(O)c1ccccc1. The summed E-state index contributed by atoms with van der Waals surface area (Å²) < 4.78 is 0.